The van der Waals surface area contributed by atoms with Crippen LogP contribution in [0.25, 0.3) is 11.4 Å². The van der Waals surface area contributed by atoms with Gasteiger partial charge in [-0.25, -0.2) is 4.39 Å². The molecule has 3 aromatic heterocycles. The second-order valence-corrected chi connectivity index (χ2v) is 6.66. The average Bonchev–Trinajstić information content (AvgIpc) is 3.30. The molecule has 32 heavy (non-hydrogen) atoms. The van der Waals surface area contributed by atoms with Crippen molar-refractivity contribution in [2.75, 3.05) is 10.6 Å². The summed E-state index contributed by atoms with van der Waals surface area (Å²) in [6.07, 6.45) is 4.92. The number of hydrogen-bond donors (Lipinski definition) is 2. The topological polar surface area (TPSA) is 123 Å². The first kappa shape index (κ1) is 20.8. The van der Waals surface area contributed by atoms with Crippen molar-refractivity contribution in [1.29, 1.82) is 0 Å². The van der Waals surface area contributed by atoms with Gasteiger partial charge in [0.1, 0.15) is 11.5 Å². The van der Waals surface area contributed by atoms with Crippen molar-refractivity contribution in [2.24, 2.45) is 0 Å². The molecule has 0 aliphatic carbocycles. The van der Waals surface area contributed by atoms with Crippen molar-refractivity contribution in [3.63, 3.8) is 0 Å². The van der Waals surface area contributed by atoms with Crippen LogP contribution in [0.1, 0.15) is 22.8 Å². The summed E-state index contributed by atoms with van der Waals surface area (Å²) in [7, 11) is 0. The number of pyridine rings is 2. The molecule has 0 aliphatic rings. The molecular formula is C22H17FN6O3. The molecule has 9 nitrogen and oxygen atoms in total. The molecule has 0 radical (unpaired) electrons. The Morgan fingerprint density at radius 1 is 1.00 bits per heavy atom. The van der Waals surface area contributed by atoms with Crippen LogP contribution in [0.15, 0.2) is 71.6 Å². The molecule has 0 spiro atoms. The molecule has 160 valence electrons. The summed E-state index contributed by atoms with van der Waals surface area (Å²) in [5.74, 6) is -0.805. The summed E-state index contributed by atoms with van der Waals surface area (Å²) >= 11 is 0. The number of amides is 2. The van der Waals surface area contributed by atoms with Crippen LogP contribution in [0.5, 0.6) is 0 Å². The van der Waals surface area contributed by atoms with E-state index in [2.05, 4.69) is 30.7 Å². The Morgan fingerprint density at radius 3 is 2.69 bits per heavy atom. The van der Waals surface area contributed by atoms with Crippen molar-refractivity contribution >= 4 is 23.2 Å². The summed E-state index contributed by atoms with van der Waals surface area (Å²) in [4.78, 5) is 37.0. The van der Waals surface area contributed by atoms with Gasteiger partial charge in [0.25, 0.3) is 5.91 Å². The molecule has 0 atom stereocenters. The molecule has 4 aromatic rings. The number of halogens is 1. The van der Waals surface area contributed by atoms with Crippen molar-refractivity contribution in [3.8, 4) is 11.4 Å². The highest BCUT2D eigenvalue weighted by Crippen LogP contribution is 2.24. The fourth-order valence-electron chi connectivity index (χ4n) is 2.81. The highest BCUT2D eigenvalue weighted by atomic mass is 19.1. The van der Waals surface area contributed by atoms with E-state index in [1.165, 1.54) is 18.3 Å². The predicted octanol–water partition coefficient (Wildman–Crippen LogP) is 3.49. The van der Waals surface area contributed by atoms with E-state index in [0.717, 1.165) is 6.07 Å². The quantitative estimate of drug-likeness (QED) is 0.458. The van der Waals surface area contributed by atoms with E-state index in [-0.39, 0.29) is 35.8 Å². The summed E-state index contributed by atoms with van der Waals surface area (Å²) < 4.78 is 18.9. The number of nitrogens with zero attached hydrogens (tertiary/aromatic N) is 4. The maximum Gasteiger partial charge on any atom is 0.274 e. The van der Waals surface area contributed by atoms with Crippen molar-refractivity contribution in [1.82, 2.24) is 20.1 Å². The third kappa shape index (κ3) is 5.17. The summed E-state index contributed by atoms with van der Waals surface area (Å²) in [5.41, 5.74) is 1.25. The van der Waals surface area contributed by atoms with E-state index in [0.29, 0.717) is 11.4 Å². The lowest BCUT2D eigenvalue weighted by Gasteiger charge is -2.12. The monoisotopic (exact) mass is 432 g/mol. The predicted molar refractivity (Wildman–Crippen MR) is 113 cm³/mol. The number of benzene rings is 1. The van der Waals surface area contributed by atoms with E-state index in [9.17, 15) is 14.0 Å². The number of aryl methyl sites for hydroxylation is 1. The minimum Gasteiger partial charge on any atom is -0.339 e. The number of carbonyl (C=O) groups excluding carboxylic acids is 2. The lowest BCUT2D eigenvalue weighted by atomic mass is 10.2. The third-order valence-electron chi connectivity index (χ3n) is 4.36. The highest BCUT2D eigenvalue weighted by molar-refractivity contribution is 6.06. The molecule has 0 fully saturated rings. The van der Waals surface area contributed by atoms with Gasteiger partial charge in [-0.3, -0.25) is 19.6 Å². The molecule has 2 amide bonds. The van der Waals surface area contributed by atoms with E-state index in [1.807, 2.05) is 0 Å². The Hall–Kier alpha value is -4.47. The second-order valence-electron chi connectivity index (χ2n) is 6.66. The smallest absolute Gasteiger partial charge is 0.274 e. The van der Waals surface area contributed by atoms with E-state index >= 15 is 0 Å². The zero-order valence-corrected chi connectivity index (χ0v) is 16.7. The minimum absolute atomic E-state index is 0.0127. The van der Waals surface area contributed by atoms with Crippen LogP contribution in [-0.2, 0) is 11.2 Å². The number of nitrogens with one attached hydrogen (secondary N) is 2. The molecule has 10 heteroatoms. The Kier molecular flexibility index (Phi) is 6.21. The standard InChI is InChI=1S/C22H17FN6O3/c23-15-6-7-16(27-22(31)17-5-1-2-11-25-17)18(12-15)26-19(30)8-9-20-28-21(29-32-20)14-4-3-10-24-13-14/h1-7,10-13H,8-9H2,(H,26,30)(H,27,31). The van der Waals surface area contributed by atoms with Gasteiger partial charge in [-0.2, -0.15) is 4.98 Å². The third-order valence-corrected chi connectivity index (χ3v) is 4.36. The molecule has 0 saturated heterocycles. The SMILES string of the molecule is O=C(CCc1nc(-c2cccnc2)no1)Nc1cc(F)ccc1NC(=O)c1ccccn1. The molecule has 2 N–H and O–H groups in total. The summed E-state index contributed by atoms with van der Waals surface area (Å²) in [6, 6.07) is 12.1. The Morgan fingerprint density at radius 2 is 1.91 bits per heavy atom. The highest BCUT2D eigenvalue weighted by Gasteiger charge is 2.15. The number of anilines is 2. The molecule has 4 rings (SSSR count). The zero-order valence-electron chi connectivity index (χ0n) is 16.7. The van der Waals surface area contributed by atoms with Crippen LogP contribution < -0.4 is 10.6 Å². The van der Waals surface area contributed by atoms with Gasteiger partial charge in [-0.1, -0.05) is 11.2 Å². The maximum absolute atomic E-state index is 13.8. The number of hydrogen-bond acceptors (Lipinski definition) is 7. The van der Waals surface area contributed by atoms with Gasteiger partial charge >= 0.3 is 0 Å². The summed E-state index contributed by atoms with van der Waals surface area (Å²) in [6.45, 7) is 0. The first-order valence-corrected chi connectivity index (χ1v) is 9.63. The molecular weight excluding hydrogens is 415 g/mol. The van der Waals surface area contributed by atoms with Crippen LogP contribution >= 0.6 is 0 Å². The molecule has 1 aromatic carbocycles. The van der Waals surface area contributed by atoms with E-state index < -0.39 is 17.6 Å². The number of aromatic nitrogens is 4. The minimum atomic E-state index is -0.561. The van der Waals surface area contributed by atoms with E-state index in [1.54, 1.807) is 42.7 Å². The van der Waals surface area contributed by atoms with Gasteiger partial charge in [-0.15, -0.1) is 0 Å². The Balaban J connectivity index is 1.39. The summed E-state index contributed by atoms with van der Waals surface area (Å²) in [5, 5.41) is 9.10. The van der Waals surface area contributed by atoms with Gasteiger partial charge in [0, 0.05) is 37.0 Å². The van der Waals surface area contributed by atoms with Gasteiger partial charge in [0.15, 0.2) is 0 Å². The molecule has 0 aliphatic heterocycles. The first-order chi connectivity index (χ1) is 15.6. The van der Waals surface area contributed by atoms with Crippen LogP contribution in [0.4, 0.5) is 15.8 Å². The fourth-order valence-corrected chi connectivity index (χ4v) is 2.81. The van der Waals surface area contributed by atoms with E-state index in [4.69, 9.17) is 4.52 Å². The van der Waals surface area contributed by atoms with Crippen LogP contribution in [-0.4, -0.2) is 31.9 Å². The van der Waals surface area contributed by atoms with Crippen LogP contribution in [0.3, 0.4) is 0 Å². The van der Waals surface area contributed by atoms with Gasteiger partial charge in [0.2, 0.25) is 17.6 Å². The lowest BCUT2D eigenvalue weighted by molar-refractivity contribution is -0.116. The Labute approximate surface area is 181 Å². The van der Waals surface area contributed by atoms with Crippen molar-refractivity contribution < 1.29 is 18.5 Å². The first-order valence-electron chi connectivity index (χ1n) is 9.63. The molecule has 3 heterocycles. The van der Waals surface area contributed by atoms with Crippen molar-refractivity contribution in [2.45, 2.75) is 12.8 Å². The number of rotatable bonds is 7. The van der Waals surface area contributed by atoms with Gasteiger partial charge < -0.3 is 15.2 Å². The van der Waals surface area contributed by atoms with Crippen LogP contribution in [0.2, 0.25) is 0 Å². The fraction of sp³-hybridized carbons (Fsp3) is 0.0909. The normalized spacial score (nSPS) is 10.5. The van der Waals surface area contributed by atoms with Crippen molar-refractivity contribution in [3.05, 3.63) is 84.5 Å². The average molecular weight is 432 g/mol. The number of carbonyl (C=O) groups is 2. The molecule has 0 unspecified atom stereocenters. The van der Waals surface area contributed by atoms with Crippen LogP contribution in [0, 0.1) is 5.82 Å². The molecule has 0 bridgehead atoms. The largest absolute Gasteiger partial charge is 0.339 e. The van der Waals surface area contributed by atoms with Gasteiger partial charge in [-0.05, 0) is 42.5 Å². The maximum atomic E-state index is 13.8. The van der Waals surface area contributed by atoms with Gasteiger partial charge in [0.05, 0.1) is 11.4 Å². The Bertz CT molecular complexity index is 1230. The second kappa shape index (κ2) is 9.56. The lowest BCUT2D eigenvalue weighted by Crippen LogP contribution is -2.18. The molecule has 0 saturated carbocycles. The zero-order chi connectivity index (χ0) is 22.3.